The van der Waals surface area contributed by atoms with Crippen molar-refractivity contribution in [1.29, 1.82) is 0 Å². The average molecular weight is 346 g/mol. The van der Waals surface area contributed by atoms with E-state index in [1.807, 2.05) is 0 Å². The van der Waals surface area contributed by atoms with Crippen LogP contribution in [0.3, 0.4) is 0 Å². The Balaban J connectivity index is 1.90. The van der Waals surface area contributed by atoms with Crippen LogP contribution in [0.2, 0.25) is 0 Å². The number of thiophene rings is 1. The molecule has 2 unspecified atom stereocenters. The largest absolute Gasteiger partial charge is 0.389 e. The van der Waals surface area contributed by atoms with Crippen molar-refractivity contribution in [3.63, 3.8) is 0 Å². The molecule has 1 saturated carbocycles. The number of nitrogens with two attached hydrogens (primary N) is 1. The van der Waals surface area contributed by atoms with Gasteiger partial charge in [-0.3, -0.25) is 0 Å². The second-order valence-electron chi connectivity index (χ2n) is 5.36. The Hall–Kier alpha value is -0.540. The van der Waals surface area contributed by atoms with Crippen LogP contribution in [0.4, 0.5) is 0 Å². The van der Waals surface area contributed by atoms with Crippen LogP contribution in [0, 0.1) is 0 Å². The highest BCUT2D eigenvalue weighted by molar-refractivity contribution is 7.91. The van der Waals surface area contributed by atoms with Gasteiger partial charge in [-0.25, -0.2) is 8.42 Å². The number of morpholine rings is 1. The van der Waals surface area contributed by atoms with Crippen LogP contribution in [0.5, 0.6) is 0 Å². The number of fused-ring (bicyclic) bond motifs is 1. The zero-order chi connectivity index (χ0) is 15.0. The average Bonchev–Trinajstić information content (AvgIpc) is 2.97. The van der Waals surface area contributed by atoms with Crippen LogP contribution < -0.4 is 5.73 Å². The van der Waals surface area contributed by atoms with E-state index < -0.39 is 10.0 Å². The normalized spacial score (nSPS) is 27.2. The Morgan fingerprint density at radius 1 is 1.38 bits per heavy atom. The monoisotopic (exact) mass is 346 g/mol. The summed E-state index contributed by atoms with van der Waals surface area (Å²) in [4.78, 5) is 0.871. The lowest BCUT2D eigenvalue weighted by Gasteiger charge is -2.42. The molecule has 1 aliphatic heterocycles. The SMILES string of the molecule is NC(=S)c1ccc(S(=O)(=O)N2CCOC3CCCCC32)s1. The first-order valence-electron chi connectivity index (χ1n) is 7.03. The predicted octanol–water partition coefficient (Wildman–Crippen LogP) is 1.71. The fourth-order valence-corrected chi connectivity index (χ4v) is 6.21. The van der Waals surface area contributed by atoms with Crippen molar-refractivity contribution < 1.29 is 13.2 Å². The van der Waals surface area contributed by atoms with Gasteiger partial charge in [0.25, 0.3) is 10.0 Å². The Labute approximate surface area is 134 Å². The van der Waals surface area contributed by atoms with E-state index in [2.05, 4.69) is 0 Å². The summed E-state index contributed by atoms with van der Waals surface area (Å²) in [5.41, 5.74) is 5.57. The molecule has 0 bridgehead atoms. The Bertz CT molecular complexity index is 639. The lowest BCUT2D eigenvalue weighted by atomic mass is 9.91. The summed E-state index contributed by atoms with van der Waals surface area (Å²) in [5.74, 6) is 0. The molecule has 2 atom stereocenters. The summed E-state index contributed by atoms with van der Waals surface area (Å²) in [7, 11) is -3.49. The number of hydrogen-bond acceptors (Lipinski definition) is 5. The Morgan fingerprint density at radius 3 is 2.86 bits per heavy atom. The summed E-state index contributed by atoms with van der Waals surface area (Å²) in [5, 5.41) is 0. The van der Waals surface area contributed by atoms with Crippen LogP contribution in [-0.4, -0.2) is 43.0 Å². The van der Waals surface area contributed by atoms with Crippen molar-refractivity contribution in [2.75, 3.05) is 13.2 Å². The van der Waals surface area contributed by atoms with Gasteiger partial charge in [-0.05, 0) is 25.0 Å². The molecular weight excluding hydrogens is 328 g/mol. The van der Waals surface area contributed by atoms with Gasteiger partial charge in [-0.1, -0.05) is 25.1 Å². The number of sulfonamides is 1. The van der Waals surface area contributed by atoms with Gasteiger partial charge in [0.05, 0.1) is 23.6 Å². The standard InChI is InChI=1S/C13H18N2O3S3/c14-13(19)11-5-6-12(20-11)21(16,17)15-7-8-18-10-4-2-1-3-9(10)15/h5-6,9-10H,1-4,7-8H2,(H2,14,19). The summed E-state index contributed by atoms with van der Waals surface area (Å²) in [6.45, 7) is 0.887. The molecule has 2 fully saturated rings. The van der Waals surface area contributed by atoms with Crippen LogP contribution in [0.1, 0.15) is 30.6 Å². The van der Waals surface area contributed by atoms with Gasteiger partial charge in [0.15, 0.2) is 0 Å². The van der Waals surface area contributed by atoms with Crippen molar-refractivity contribution in [1.82, 2.24) is 4.31 Å². The number of thiocarbonyl (C=S) groups is 1. The molecule has 5 nitrogen and oxygen atoms in total. The number of rotatable bonds is 3. The molecule has 3 rings (SSSR count). The molecule has 2 N–H and O–H groups in total. The van der Waals surface area contributed by atoms with Gasteiger partial charge in [-0.2, -0.15) is 4.31 Å². The van der Waals surface area contributed by atoms with Crippen molar-refractivity contribution >= 4 is 38.6 Å². The lowest BCUT2D eigenvalue weighted by molar-refractivity contribution is -0.0585. The number of nitrogens with zero attached hydrogens (tertiary/aromatic N) is 1. The van der Waals surface area contributed by atoms with Crippen molar-refractivity contribution in [3.8, 4) is 0 Å². The van der Waals surface area contributed by atoms with Gasteiger partial charge in [-0.15, -0.1) is 11.3 Å². The maximum atomic E-state index is 12.9. The molecule has 8 heteroatoms. The minimum Gasteiger partial charge on any atom is -0.389 e. The van der Waals surface area contributed by atoms with Gasteiger partial charge in [0.1, 0.15) is 9.20 Å². The molecular formula is C13H18N2O3S3. The van der Waals surface area contributed by atoms with E-state index in [-0.39, 0.29) is 17.1 Å². The first kappa shape index (κ1) is 15.4. The smallest absolute Gasteiger partial charge is 0.252 e. The zero-order valence-electron chi connectivity index (χ0n) is 11.5. The fraction of sp³-hybridized carbons (Fsp3) is 0.615. The number of hydrogen-bond donors (Lipinski definition) is 1. The molecule has 0 amide bonds. The van der Waals surface area contributed by atoms with Gasteiger partial charge < -0.3 is 10.5 Å². The van der Waals surface area contributed by atoms with Gasteiger partial charge in [0.2, 0.25) is 0 Å². The van der Waals surface area contributed by atoms with Crippen LogP contribution in [0.15, 0.2) is 16.3 Å². The summed E-state index contributed by atoms with van der Waals surface area (Å²) >= 11 is 6.05. The molecule has 116 valence electrons. The van der Waals surface area contributed by atoms with Crippen LogP contribution in [0.25, 0.3) is 0 Å². The Kier molecular flexibility index (Phi) is 4.33. The quantitative estimate of drug-likeness (QED) is 0.844. The molecule has 0 aromatic carbocycles. The van der Waals surface area contributed by atoms with Crippen molar-refractivity contribution in [2.24, 2.45) is 5.73 Å². The topological polar surface area (TPSA) is 72.6 Å². The van der Waals surface area contributed by atoms with Gasteiger partial charge >= 0.3 is 0 Å². The highest BCUT2D eigenvalue weighted by Gasteiger charge is 2.41. The predicted molar refractivity (Wildman–Crippen MR) is 86.1 cm³/mol. The van der Waals surface area contributed by atoms with Crippen LogP contribution >= 0.6 is 23.6 Å². The minimum atomic E-state index is -3.49. The molecule has 1 aromatic rings. The van der Waals surface area contributed by atoms with E-state index in [0.717, 1.165) is 37.0 Å². The Morgan fingerprint density at radius 2 is 2.14 bits per heavy atom. The van der Waals surface area contributed by atoms with Crippen LogP contribution in [-0.2, 0) is 14.8 Å². The third-order valence-corrected chi connectivity index (χ3v) is 7.93. The molecule has 2 aliphatic rings. The van der Waals surface area contributed by atoms with E-state index >= 15 is 0 Å². The summed E-state index contributed by atoms with van der Waals surface area (Å²) < 4.78 is 33.4. The van der Waals surface area contributed by atoms with Crippen molar-refractivity contribution in [2.45, 2.75) is 42.0 Å². The minimum absolute atomic E-state index is 0.0344. The molecule has 21 heavy (non-hydrogen) atoms. The number of ether oxygens (including phenoxy) is 1. The van der Waals surface area contributed by atoms with E-state index in [9.17, 15) is 8.42 Å². The first-order valence-corrected chi connectivity index (χ1v) is 9.70. The molecule has 1 saturated heterocycles. The zero-order valence-corrected chi connectivity index (χ0v) is 14.0. The van der Waals surface area contributed by atoms with E-state index in [1.54, 1.807) is 16.4 Å². The second kappa shape index (κ2) is 5.92. The third-order valence-electron chi connectivity index (χ3n) is 4.07. The molecule has 2 heterocycles. The summed E-state index contributed by atoms with van der Waals surface area (Å²) in [6, 6.07) is 3.24. The maximum absolute atomic E-state index is 12.9. The van der Waals surface area contributed by atoms with E-state index in [4.69, 9.17) is 22.7 Å². The van der Waals surface area contributed by atoms with E-state index in [0.29, 0.717) is 22.2 Å². The fourth-order valence-electron chi connectivity index (χ4n) is 3.07. The van der Waals surface area contributed by atoms with Gasteiger partial charge in [0, 0.05) is 6.54 Å². The first-order chi connectivity index (χ1) is 10.00. The van der Waals surface area contributed by atoms with Crippen molar-refractivity contribution in [3.05, 3.63) is 17.0 Å². The molecule has 0 spiro atoms. The highest BCUT2D eigenvalue weighted by atomic mass is 32.2. The molecule has 1 aliphatic carbocycles. The molecule has 0 radical (unpaired) electrons. The third kappa shape index (κ3) is 2.87. The highest BCUT2D eigenvalue weighted by Crippen LogP contribution is 2.34. The van der Waals surface area contributed by atoms with E-state index in [1.165, 1.54) is 0 Å². The summed E-state index contributed by atoms with van der Waals surface area (Å²) in [6.07, 6.45) is 4.02. The maximum Gasteiger partial charge on any atom is 0.252 e. The molecule has 1 aromatic heterocycles. The second-order valence-corrected chi connectivity index (χ2v) is 9.00. The lowest BCUT2D eigenvalue weighted by Crippen LogP contribution is -2.54.